The number of methoxy groups -OCH3 is 1. The number of esters is 1. The number of hydrogen-bond donors (Lipinski definition) is 3. The third kappa shape index (κ3) is 6.21. The van der Waals surface area contributed by atoms with Crippen LogP contribution in [0.1, 0.15) is 35.9 Å². The van der Waals surface area contributed by atoms with Gasteiger partial charge in [0.2, 0.25) is 0 Å². The van der Waals surface area contributed by atoms with E-state index in [9.17, 15) is 14.0 Å². The monoisotopic (exact) mass is 654 g/mol. The van der Waals surface area contributed by atoms with Crippen LogP contribution in [-0.4, -0.2) is 102 Å². The van der Waals surface area contributed by atoms with Crippen LogP contribution in [0.5, 0.6) is 0 Å². The van der Waals surface area contributed by atoms with Gasteiger partial charge < -0.3 is 30.6 Å². The molecular weight excluding hydrogens is 619 g/mol. The molecule has 4 atom stereocenters. The highest BCUT2D eigenvalue weighted by Gasteiger charge is 2.48. The van der Waals surface area contributed by atoms with Gasteiger partial charge >= 0.3 is 12.0 Å². The fraction of sp³-hybridized carbons (Fsp3) is 0.452. The molecule has 4 aliphatic rings. The summed E-state index contributed by atoms with van der Waals surface area (Å²) in [4.78, 5) is 41.5. The van der Waals surface area contributed by atoms with Gasteiger partial charge in [0.15, 0.2) is 10.8 Å². The molecule has 14 heteroatoms. The van der Waals surface area contributed by atoms with Crippen LogP contribution >= 0.6 is 22.9 Å². The number of amidine groups is 1. The summed E-state index contributed by atoms with van der Waals surface area (Å²) in [6.07, 6.45) is 7.47. The van der Waals surface area contributed by atoms with E-state index >= 15 is 0 Å². The Balaban J connectivity index is 1.30. The van der Waals surface area contributed by atoms with Gasteiger partial charge in [-0.05, 0) is 37.3 Å². The Labute approximate surface area is 270 Å². The summed E-state index contributed by atoms with van der Waals surface area (Å²) in [5.41, 5.74) is 2.20. The first-order valence-corrected chi connectivity index (χ1v) is 16.3. The number of allylic oxidation sites excluding steroid dienone is 1. The van der Waals surface area contributed by atoms with Crippen molar-refractivity contribution in [2.45, 2.75) is 37.4 Å². The largest absolute Gasteiger partial charge is 0.469 e. The summed E-state index contributed by atoms with van der Waals surface area (Å²) in [7, 11) is 3.16. The van der Waals surface area contributed by atoms with Crippen molar-refractivity contribution in [3.63, 3.8) is 0 Å². The Kier molecular flexibility index (Phi) is 9.20. The fourth-order valence-corrected chi connectivity index (χ4v) is 7.73. The van der Waals surface area contributed by atoms with Gasteiger partial charge in [0.1, 0.15) is 11.9 Å². The molecule has 2 aromatic rings. The molecule has 238 valence electrons. The third-order valence-corrected chi connectivity index (χ3v) is 10.1. The van der Waals surface area contributed by atoms with Crippen molar-refractivity contribution in [3.8, 4) is 0 Å². The summed E-state index contributed by atoms with van der Waals surface area (Å²) in [6, 6.07) is 3.37. The maximum Gasteiger partial charge on any atom is 0.320 e. The van der Waals surface area contributed by atoms with Gasteiger partial charge in [-0.2, -0.15) is 0 Å². The molecule has 3 aliphatic heterocycles. The molecule has 2 saturated heterocycles. The number of piperazine rings is 1. The first kappa shape index (κ1) is 31.2. The molecule has 45 heavy (non-hydrogen) atoms. The number of ether oxygens (including phenoxy) is 1. The van der Waals surface area contributed by atoms with Crippen molar-refractivity contribution < 1.29 is 18.7 Å². The maximum absolute atomic E-state index is 14.1. The lowest BCUT2D eigenvalue weighted by atomic mass is 9.91. The smallest absolute Gasteiger partial charge is 0.320 e. The Morgan fingerprint density at radius 2 is 2.13 bits per heavy atom. The van der Waals surface area contributed by atoms with E-state index < -0.39 is 11.9 Å². The van der Waals surface area contributed by atoms with E-state index in [4.69, 9.17) is 26.7 Å². The second-order valence-electron chi connectivity index (χ2n) is 11.6. The van der Waals surface area contributed by atoms with E-state index in [1.807, 2.05) is 15.2 Å². The van der Waals surface area contributed by atoms with E-state index in [2.05, 4.69) is 20.5 Å². The summed E-state index contributed by atoms with van der Waals surface area (Å²) < 4.78 is 19.1. The molecule has 11 nitrogen and oxygen atoms in total. The third-order valence-electron chi connectivity index (χ3n) is 8.96. The predicted molar refractivity (Wildman–Crippen MR) is 171 cm³/mol. The number of aliphatic imine (C=N–C) groups is 1. The van der Waals surface area contributed by atoms with Crippen LogP contribution in [0.25, 0.3) is 0 Å². The summed E-state index contributed by atoms with van der Waals surface area (Å²) in [5, 5.41) is 18.3. The number of halogens is 2. The number of fused-ring (bicyclic) bond motifs is 1. The van der Waals surface area contributed by atoms with Gasteiger partial charge in [-0.15, -0.1) is 11.3 Å². The van der Waals surface area contributed by atoms with Crippen LogP contribution in [0.2, 0.25) is 5.02 Å². The zero-order chi connectivity index (χ0) is 31.7. The van der Waals surface area contributed by atoms with Crippen molar-refractivity contribution in [1.82, 2.24) is 30.3 Å². The Morgan fingerprint density at radius 1 is 1.29 bits per heavy atom. The van der Waals surface area contributed by atoms with Crippen molar-refractivity contribution in [2.24, 2.45) is 10.9 Å². The Hall–Kier alpha value is -3.81. The first-order chi connectivity index (χ1) is 21.8. The number of urea groups is 1. The molecule has 0 unspecified atom stereocenters. The minimum atomic E-state index is -0.676. The predicted octanol–water partition coefficient (Wildman–Crippen LogP) is 3.80. The van der Waals surface area contributed by atoms with Gasteiger partial charge in [0.25, 0.3) is 0 Å². The lowest BCUT2D eigenvalue weighted by Crippen LogP contribution is -2.53. The van der Waals surface area contributed by atoms with Gasteiger partial charge in [0.05, 0.1) is 24.8 Å². The lowest BCUT2D eigenvalue weighted by molar-refractivity contribution is -0.146. The zero-order valence-corrected chi connectivity index (χ0v) is 26.7. The molecule has 0 spiro atoms. The number of rotatable bonds is 9. The van der Waals surface area contributed by atoms with Crippen molar-refractivity contribution >= 4 is 46.5 Å². The standard InChI is InChI=1S/C31H36ClFN8O3S/c1-35-9-8-23(34)26-24(37-28(29-36-10-13-45-29)38-27(26)20-7-6-18(33)14-22(20)32)17-39-11-12-40-19(15-39)16-41(31(40)43)25-5-3-4-21(25)30(42)44-2/h6-10,13-14,19,21,25,27,34-35H,3-5,11-12,15-17H2,1-2H3,(H,37,38)/b9-8-,34-23?/t19-,21+,25+,27-/m0/s1. The summed E-state index contributed by atoms with van der Waals surface area (Å²) >= 11 is 8.02. The first-order valence-electron chi connectivity index (χ1n) is 15.0. The van der Waals surface area contributed by atoms with Gasteiger partial charge in [-0.3, -0.25) is 14.7 Å². The van der Waals surface area contributed by atoms with Crippen LogP contribution in [0.15, 0.2) is 58.3 Å². The number of carbonyl (C=O) groups is 2. The highest BCUT2D eigenvalue weighted by atomic mass is 35.5. The van der Waals surface area contributed by atoms with Gasteiger partial charge in [0, 0.05) is 79.2 Å². The SMILES string of the molecule is CN/C=C\C(=N)C1=C(CN2CCN3C(=O)N([C@@H]4CCC[C@H]4C(=O)OC)C[C@@H]3C2)NC(c2nccs2)=N[C@H]1c1ccc(F)cc1Cl. The summed E-state index contributed by atoms with van der Waals surface area (Å²) in [5.74, 6) is -0.435. The summed E-state index contributed by atoms with van der Waals surface area (Å²) in [6.45, 7) is 2.81. The molecule has 1 aromatic heterocycles. The van der Waals surface area contributed by atoms with E-state index in [1.54, 1.807) is 31.6 Å². The van der Waals surface area contributed by atoms with E-state index in [-0.39, 0.29) is 40.7 Å². The van der Waals surface area contributed by atoms with E-state index in [1.165, 1.54) is 30.6 Å². The zero-order valence-electron chi connectivity index (χ0n) is 25.1. The molecule has 1 aliphatic carbocycles. The van der Waals surface area contributed by atoms with Crippen LogP contribution in [0.4, 0.5) is 9.18 Å². The number of aromatic nitrogens is 1. The Morgan fingerprint density at radius 3 is 2.87 bits per heavy atom. The molecule has 1 aromatic carbocycles. The number of amides is 2. The number of nitrogens with zero attached hydrogens (tertiary/aromatic N) is 5. The Bertz CT molecular complexity index is 1560. The molecule has 2 amide bonds. The molecule has 0 radical (unpaired) electrons. The lowest BCUT2D eigenvalue weighted by Gasteiger charge is -2.38. The molecule has 1 saturated carbocycles. The van der Waals surface area contributed by atoms with Gasteiger partial charge in [-0.1, -0.05) is 24.1 Å². The fourth-order valence-electron chi connectivity index (χ4n) is 6.87. The second kappa shape index (κ2) is 13.3. The van der Waals surface area contributed by atoms with Crippen LogP contribution < -0.4 is 10.6 Å². The number of nitrogens with one attached hydrogen (secondary N) is 3. The average Bonchev–Trinajstić information content (AvgIpc) is 3.80. The van der Waals surface area contributed by atoms with E-state index in [0.29, 0.717) is 54.7 Å². The van der Waals surface area contributed by atoms with Crippen LogP contribution in [-0.2, 0) is 9.53 Å². The minimum absolute atomic E-state index is 0.0145. The highest BCUT2D eigenvalue weighted by molar-refractivity contribution is 7.11. The number of carbonyl (C=O) groups excluding carboxylic acids is 2. The maximum atomic E-state index is 14.1. The normalized spacial score (nSPS) is 25.4. The molecule has 4 heterocycles. The van der Waals surface area contributed by atoms with Crippen LogP contribution in [0, 0.1) is 17.1 Å². The molecule has 0 bridgehead atoms. The highest BCUT2D eigenvalue weighted by Crippen LogP contribution is 2.38. The molecule has 3 N–H and O–H groups in total. The molecular formula is C31H36ClFN8O3S. The molecule has 6 rings (SSSR count). The minimum Gasteiger partial charge on any atom is -0.469 e. The number of thiazole rings is 1. The average molecular weight is 655 g/mol. The quantitative estimate of drug-likeness (QED) is 0.277. The number of hydrogen-bond acceptors (Lipinski definition) is 10. The van der Waals surface area contributed by atoms with E-state index in [0.717, 1.165) is 25.0 Å². The van der Waals surface area contributed by atoms with Gasteiger partial charge in [-0.25, -0.2) is 14.2 Å². The van der Waals surface area contributed by atoms with Crippen molar-refractivity contribution in [1.29, 1.82) is 5.41 Å². The van der Waals surface area contributed by atoms with Crippen LogP contribution in [0.3, 0.4) is 0 Å². The number of benzene rings is 1. The second-order valence-corrected chi connectivity index (χ2v) is 12.9. The molecule has 3 fully saturated rings. The topological polar surface area (TPSA) is 126 Å². The van der Waals surface area contributed by atoms with Crippen molar-refractivity contribution in [2.75, 3.05) is 46.9 Å². The van der Waals surface area contributed by atoms with Crippen molar-refractivity contribution in [3.05, 3.63) is 74.7 Å².